The predicted molar refractivity (Wildman–Crippen MR) is 25.9 cm³/mol. The summed E-state index contributed by atoms with van der Waals surface area (Å²) in [6.45, 7) is -2.25. The molecule has 0 aliphatic carbocycles. The molecule has 0 heterocycles. The minimum absolute atomic E-state index is 0.484. The molecule has 0 aliphatic rings. The van der Waals surface area contributed by atoms with E-state index in [0.29, 0.717) is 0 Å². The van der Waals surface area contributed by atoms with Gasteiger partial charge >= 0.3 is 5.97 Å². The summed E-state index contributed by atoms with van der Waals surface area (Å²) in [5.41, 5.74) is 4.94. The van der Waals surface area contributed by atoms with E-state index in [1.54, 1.807) is 0 Å². The third kappa shape index (κ3) is 2.17. The molecule has 0 bridgehead atoms. The topological polar surface area (TPSA) is 63.3 Å². The van der Waals surface area contributed by atoms with Crippen molar-refractivity contribution in [3.8, 4) is 0 Å². The molecule has 0 unspecified atom stereocenters. The summed E-state index contributed by atoms with van der Waals surface area (Å²) in [4.78, 5) is 10.0. The Morgan fingerprint density at radius 3 is 3.00 bits per heavy atom. The molecule has 0 radical (unpaired) electrons. The van der Waals surface area contributed by atoms with Crippen LogP contribution < -0.4 is 5.73 Å². The van der Waals surface area contributed by atoms with Crippen LogP contribution in [0, 0.1) is 0 Å². The lowest BCUT2D eigenvalue weighted by atomic mass is 10.2. The van der Waals surface area contributed by atoms with Crippen LogP contribution in [0.5, 0.6) is 0 Å². The second kappa shape index (κ2) is 2.58. The SMILES string of the molecule is [2H]C([2H])([2H])C[C@H](N)C(=O)O. The monoisotopic (exact) mass is 106 g/mol. The predicted octanol–water partition coefficient (Wildman–Crippen LogP) is -0.192. The molecule has 0 amide bonds. The summed E-state index contributed by atoms with van der Waals surface area (Å²) in [7, 11) is 0. The summed E-state index contributed by atoms with van der Waals surface area (Å²) in [6.07, 6.45) is -0.484. The molecule has 0 spiro atoms. The van der Waals surface area contributed by atoms with Crippen molar-refractivity contribution in [2.24, 2.45) is 5.73 Å². The van der Waals surface area contributed by atoms with Gasteiger partial charge in [-0.2, -0.15) is 0 Å². The van der Waals surface area contributed by atoms with Gasteiger partial charge in [0.2, 0.25) is 0 Å². The number of carbonyl (C=O) groups is 1. The minimum Gasteiger partial charge on any atom is -0.480 e. The molecular formula is C4H9NO2. The van der Waals surface area contributed by atoms with Crippen LogP contribution in [0.15, 0.2) is 0 Å². The molecule has 0 aromatic heterocycles. The number of hydrogen-bond acceptors (Lipinski definition) is 2. The molecule has 3 heteroatoms. The fraction of sp³-hybridized carbons (Fsp3) is 0.750. The molecule has 7 heavy (non-hydrogen) atoms. The molecular weight excluding hydrogens is 94.0 g/mol. The van der Waals surface area contributed by atoms with Gasteiger partial charge in [0.05, 0.1) is 0 Å². The second-order valence-corrected chi connectivity index (χ2v) is 1.15. The van der Waals surface area contributed by atoms with E-state index < -0.39 is 25.3 Å². The Morgan fingerprint density at radius 2 is 2.86 bits per heavy atom. The highest BCUT2D eigenvalue weighted by Gasteiger charge is 2.05. The molecule has 42 valence electrons. The van der Waals surface area contributed by atoms with Gasteiger partial charge in [-0.25, -0.2) is 0 Å². The Kier molecular flexibility index (Phi) is 0.982. The largest absolute Gasteiger partial charge is 0.480 e. The lowest BCUT2D eigenvalue weighted by Gasteiger charge is -1.97. The summed E-state index contributed by atoms with van der Waals surface area (Å²) in [5.74, 6) is -1.28. The lowest BCUT2D eigenvalue weighted by molar-refractivity contribution is -0.138. The number of aliphatic carboxylic acids is 1. The van der Waals surface area contributed by atoms with E-state index >= 15 is 0 Å². The fourth-order valence-corrected chi connectivity index (χ4v) is 0.0873. The summed E-state index contributed by atoms with van der Waals surface area (Å²) in [5, 5.41) is 8.17. The average molecular weight is 106 g/mol. The third-order valence-corrected chi connectivity index (χ3v) is 0.537. The first kappa shape index (κ1) is 2.67. The van der Waals surface area contributed by atoms with Gasteiger partial charge in [-0.1, -0.05) is 6.85 Å². The first-order chi connectivity index (χ1) is 4.33. The van der Waals surface area contributed by atoms with Crippen molar-refractivity contribution >= 4 is 5.97 Å². The first-order valence-electron chi connectivity index (χ1n) is 3.31. The normalized spacial score (nSPS) is 21.6. The van der Waals surface area contributed by atoms with Gasteiger partial charge in [0.15, 0.2) is 0 Å². The van der Waals surface area contributed by atoms with Crippen LogP contribution in [0.2, 0.25) is 0 Å². The van der Waals surface area contributed by atoms with Crippen molar-refractivity contribution < 1.29 is 14.0 Å². The maximum absolute atomic E-state index is 10.0. The van der Waals surface area contributed by atoms with Crippen LogP contribution in [-0.2, 0) is 4.79 Å². The Labute approximate surface area is 46.3 Å². The van der Waals surface area contributed by atoms with E-state index in [9.17, 15) is 4.79 Å². The van der Waals surface area contributed by atoms with Crippen molar-refractivity contribution in [3.63, 3.8) is 0 Å². The molecule has 0 fully saturated rings. The van der Waals surface area contributed by atoms with Crippen LogP contribution >= 0.6 is 0 Å². The molecule has 1 atom stereocenters. The van der Waals surface area contributed by atoms with E-state index in [-0.39, 0.29) is 0 Å². The van der Waals surface area contributed by atoms with Gasteiger partial charge in [-0.3, -0.25) is 4.79 Å². The molecule has 0 rings (SSSR count). The second-order valence-electron chi connectivity index (χ2n) is 1.15. The fourth-order valence-electron chi connectivity index (χ4n) is 0.0873. The Hall–Kier alpha value is -0.570. The Bertz CT molecular complexity index is 133. The highest BCUT2D eigenvalue weighted by atomic mass is 16.4. The summed E-state index contributed by atoms with van der Waals surface area (Å²) < 4.78 is 19.9. The van der Waals surface area contributed by atoms with Gasteiger partial charge in [-0.15, -0.1) is 0 Å². The van der Waals surface area contributed by atoms with Crippen molar-refractivity contribution in [1.82, 2.24) is 0 Å². The van der Waals surface area contributed by atoms with Crippen LogP contribution in [0.4, 0.5) is 0 Å². The summed E-state index contributed by atoms with van der Waals surface area (Å²) in [6, 6.07) is -1.28. The van der Waals surface area contributed by atoms with Crippen LogP contribution in [0.25, 0.3) is 0 Å². The Balaban J connectivity index is 3.80. The lowest BCUT2D eigenvalue weighted by Crippen LogP contribution is -2.28. The van der Waals surface area contributed by atoms with Gasteiger partial charge in [0.25, 0.3) is 0 Å². The zero-order valence-electron chi connectivity index (χ0n) is 6.72. The van der Waals surface area contributed by atoms with E-state index in [1.807, 2.05) is 0 Å². The standard InChI is InChI=1S/C4H9NO2/c1-2-3(5)4(6)7/h3H,2,5H2,1H3,(H,6,7)/t3-/m0/s1/i1D3. The maximum atomic E-state index is 10.0. The molecule has 0 aliphatic heterocycles. The van der Waals surface area contributed by atoms with Gasteiger partial charge < -0.3 is 10.8 Å². The molecule has 0 saturated heterocycles. The van der Waals surface area contributed by atoms with Gasteiger partial charge in [0.1, 0.15) is 6.04 Å². The van der Waals surface area contributed by atoms with Crippen LogP contribution in [-0.4, -0.2) is 17.1 Å². The molecule has 3 N–H and O–H groups in total. The van der Waals surface area contributed by atoms with Crippen molar-refractivity contribution in [2.45, 2.75) is 19.3 Å². The quantitative estimate of drug-likeness (QED) is 0.512. The number of rotatable bonds is 2. The average Bonchev–Trinajstić information content (AvgIpc) is 1.60. The summed E-state index contributed by atoms with van der Waals surface area (Å²) >= 11 is 0. The highest BCUT2D eigenvalue weighted by Crippen LogP contribution is 1.82. The van der Waals surface area contributed by atoms with Crippen molar-refractivity contribution in [1.29, 1.82) is 0 Å². The third-order valence-electron chi connectivity index (χ3n) is 0.537. The number of nitrogens with two attached hydrogens (primary N) is 1. The van der Waals surface area contributed by atoms with E-state index in [0.717, 1.165) is 0 Å². The van der Waals surface area contributed by atoms with Crippen LogP contribution in [0.3, 0.4) is 0 Å². The van der Waals surface area contributed by atoms with Crippen molar-refractivity contribution in [3.05, 3.63) is 0 Å². The van der Waals surface area contributed by atoms with Crippen molar-refractivity contribution in [2.75, 3.05) is 0 Å². The number of hydrogen-bond donors (Lipinski definition) is 2. The zero-order chi connectivity index (χ0) is 8.36. The minimum atomic E-state index is -2.25. The smallest absolute Gasteiger partial charge is 0.320 e. The highest BCUT2D eigenvalue weighted by molar-refractivity contribution is 5.72. The molecule has 3 nitrogen and oxygen atoms in total. The molecule has 0 aromatic rings. The van der Waals surface area contributed by atoms with Crippen LogP contribution in [0.1, 0.15) is 17.4 Å². The van der Waals surface area contributed by atoms with Gasteiger partial charge in [-0.05, 0) is 6.42 Å². The van der Waals surface area contributed by atoms with Gasteiger partial charge in [0, 0.05) is 4.11 Å². The first-order valence-corrected chi connectivity index (χ1v) is 1.81. The Morgan fingerprint density at radius 1 is 2.29 bits per heavy atom. The number of carboxylic acids is 1. The van der Waals surface area contributed by atoms with E-state index in [1.165, 1.54) is 0 Å². The van der Waals surface area contributed by atoms with E-state index in [2.05, 4.69) is 0 Å². The number of carboxylic acid groups (broad SMARTS) is 1. The molecule has 0 aromatic carbocycles. The maximum Gasteiger partial charge on any atom is 0.320 e. The van der Waals surface area contributed by atoms with E-state index in [4.69, 9.17) is 15.0 Å². The zero-order valence-corrected chi connectivity index (χ0v) is 3.72. The molecule has 0 saturated carbocycles.